The maximum atomic E-state index is 12.6. The fraction of sp³-hybridized carbons (Fsp3) is 0.300. The van der Waals surface area contributed by atoms with Gasteiger partial charge in [-0.3, -0.25) is 9.59 Å². The second-order valence-electron chi connectivity index (χ2n) is 6.11. The summed E-state index contributed by atoms with van der Waals surface area (Å²) in [6.45, 7) is 4.40. The number of hydrogen-bond donors (Lipinski definition) is 3. The summed E-state index contributed by atoms with van der Waals surface area (Å²) in [6, 6.07) is 15.4. The van der Waals surface area contributed by atoms with E-state index in [1.165, 1.54) is 0 Å². The van der Waals surface area contributed by atoms with Crippen LogP contribution in [0.1, 0.15) is 28.4 Å². The fourth-order valence-corrected chi connectivity index (χ4v) is 2.49. The molecule has 0 bridgehead atoms. The highest BCUT2D eigenvalue weighted by atomic mass is 35.5. The van der Waals surface area contributed by atoms with E-state index in [0.717, 1.165) is 17.5 Å². The number of anilines is 1. The maximum absolute atomic E-state index is 12.6. The Kier molecular flexibility index (Phi) is 8.82. The molecular weight excluding hydrogens is 350 g/mol. The highest BCUT2D eigenvalue weighted by Gasteiger charge is 2.18. The number of carbonyl (C=O) groups excluding carboxylic acids is 2. The van der Waals surface area contributed by atoms with Gasteiger partial charge in [-0.1, -0.05) is 49.4 Å². The van der Waals surface area contributed by atoms with E-state index >= 15 is 0 Å². The molecular formula is C20H26ClN3O2. The minimum Gasteiger partial charge on any atom is -0.352 e. The van der Waals surface area contributed by atoms with Crippen molar-refractivity contribution in [1.29, 1.82) is 0 Å². The third-order valence-electron chi connectivity index (χ3n) is 4.10. The number of halogens is 1. The number of amides is 2. The van der Waals surface area contributed by atoms with Crippen LogP contribution in [0.4, 0.5) is 5.69 Å². The lowest BCUT2D eigenvalue weighted by Crippen LogP contribution is -2.30. The van der Waals surface area contributed by atoms with Crippen LogP contribution < -0.4 is 16.4 Å². The molecule has 0 saturated carbocycles. The first kappa shape index (κ1) is 21.7. The highest BCUT2D eigenvalue weighted by Crippen LogP contribution is 2.20. The van der Waals surface area contributed by atoms with E-state index in [-0.39, 0.29) is 36.7 Å². The van der Waals surface area contributed by atoms with E-state index in [9.17, 15) is 9.59 Å². The zero-order chi connectivity index (χ0) is 18.2. The molecule has 2 aromatic rings. The van der Waals surface area contributed by atoms with E-state index in [4.69, 9.17) is 5.73 Å². The van der Waals surface area contributed by atoms with E-state index in [2.05, 4.69) is 10.6 Å². The molecule has 2 aromatic carbocycles. The molecule has 0 aliphatic carbocycles. The quantitative estimate of drug-likeness (QED) is 0.695. The van der Waals surface area contributed by atoms with Crippen molar-refractivity contribution < 1.29 is 9.59 Å². The molecule has 6 heteroatoms. The Morgan fingerprint density at radius 3 is 2.42 bits per heavy atom. The summed E-state index contributed by atoms with van der Waals surface area (Å²) in [6.07, 6.45) is 0.754. The first-order valence-corrected chi connectivity index (χ1v) is 8.45. The van der Waals surface area contributed by atoms with Crippen LogP contribution in [0.3, 0.4) is 0 Å². The third-order valence-corrected chi connectivity index (χ3v) is 4.10. The average Bonchev–Trinajstić information content (AvgIpc) is 2.61. The number of rotatable bonds is 7. The van der Waals surface area contributed by atoms with Crippen molar-refractivity contribution in [3.05, 3.63) is 65.2 Å². The highest BCUT2D eigenvalue weighted by molar-refractivity contribution is 6.05. The Hall–Kier alpha value is -2.37. The Bertz CT molecular complexity index is 735. The summed E-state index contributed by atoms with van der Waals surface area (Å²) in [4.78, 5) is 24.7. The molecule has 0 spiro atoms. The Balaban J connectivity index is 0.00000338. The van der Waals surface area contributed by atoms with Crippen molar-refractivity contribution in [3.63, 3.8) is 0 Å². The van der Waals surface area contributed by atoms with Gasteiger partial charge in [0.15, 0.2) is 0 Å². The van der Waals surface area contributed by atoms with Crippen LogP contribution in [0, 0.1) is 12.8 Å². The van der Waals surface area contributed by atoms with E-state index in [0.29, 0.717) is 17.8 Å². The topological polar surface area (TPSA) is 84.2 Å². The molecule has 0 radical (unpaired) electrons. The molecule has 0 saturated heterocycles. The van der Waals surface area contributed by atoms with Gasteiger partial charge in [0, 0.05) is 19.0 Å². The predicted octanol–water partition coefficient (Wildman–Crippen LogP) is 2.92. The lowest BCUT2D eigenvalue weighted by molar-refractivity contribution is -0.119. The molecule has 0 heterocycles. The van der Waals surface area contributed by atoms with Gasteiger partial charge < -0.3 is 16.4 Å². The van der Waals surface area contributed by atoms with E-state index < -0.39 is 0 Å². The van der Waals surface area contributed by atoms with Crippen LogP contribution in [-0.2, 0) is 11.2 Å². The van der Waals surface area contributed by atoms with Crippen LogP contribution in [0.15, 0.2) is 48.5 Å². The van der Waals surface area contributed by atoms with Gasteiger partial charge in [0.05, 0.1) is 11.3 Å². The number of carbonyl (C=O) groups is 2. The van der Waals surface area contributed by atoms with Crippen molar-refractivity contribution >= 4 is 29.9 Å². The number of nitrogens with two attached hydrogens (primary N) is 1. The Morgan fingerprint density at radius 2 is 1.77 bits per heavy atom. The van der Waals surface area contributed by atoms with Crippen LogP contribution in [0.25, 0.3) is 0 Å². The van der Waals surface area contributed by atoms with Crippen LogP contribution >= 0.6 is 12.4 Å². The summed E-state index contributed by atoms with van der Waals surface area (Å²) in [7, 11) is 0. The van der Waals surface area contributed by atoms with Gasteiger partial charge in [-0.25, -0.2) is 0 Å². The molecule has 5 nitrogen and oxygen atoms in total. The average molecular weight is 376 g/mol. The third kappa shape index (κ3) is 5.86. The zero-order valence-corrected chi connectivity index (χ0v) is 15.9. The van der Waals surface area contributed by atoms with Crippen LogP contribution in [-0.4, -0.2) is 24.9 Å². The van der Waals surface area contributed by atoms with Crippen LogP contribution in [0.5, 0.6) is 0 Å². The monoisotopic (exact) mass is 375 g/mol. The van der Waals surface area contributed by atoms with Gasteiger partial charge in [0.2, 0.25) is 5.91 Å². The van der Waals surface area contributed by atoms with Gasteiger partial charge in [0.1, 0.15) is 0 Å². The zero-order valence-electron chi connectivity index (χ0n) is 15.1. The normalized spacial score (nSPS) is 11.2. The van der Waals surface area contributed by atoms with Gasteiger partial charge in [-0.15, -0.1) is 12.4 Å². The smallest absolute Gasteiger partial charge is 0.253 e. The minimum atomic E-state index is -0.311. The molecule has 1 unspecified atom stereocenters. The standard InChI is InChI=1S/C20H25N3O2.ClH/c1-14-7-6-10-17(23-19(24)15(2)13-21)18(14)20(25)22-12-11-16-8-4-3-5-9-16;/h3-10,15H,11-13,21H2,1-2H3,(H,22,25)(H,23,24);1H. The lowest BCUT2D eigenvalue weighted by Gasteiger charge is -2.15. The second kappa shape index (κ2) is 10.6. The molecule has 0 aliphatic rings. The van der Waals surface area contributed by atoms with Crippen molar-refractivity contribution in [3.8, 4) is 0 Å². The summed E-state index contributed by atoms with van der Waals surface area (Å²) < 4.78 is 0. The van der Waals surface area contributed by atoms with Crippen molar-refractivity contribution in [2.75, 3.05) is 18.4 Å². The first-order valence-electron chi connectivity index (χ1n) is 8.45. The number of nitrogens with one attached hydrogen (secondary N) is 2. The second-order valence-corrected chi connectivity index (χ2v) is 6.11. The van der Waals surface area contributed by atoms with Crippen LogP contribution in [0.2, 0.25) is 0 Å². The van der Waals surface area contributed by atoms with Crippen molar-refractivity contribution in [2.45, 2.75) is 20.3 Å². The number of aryl methyl sites for hydroxylation is 1. The Morgan fingerprint density at radius 1 is 1.08 bits per heavy atom. The fourth-order valence-electron chi connectivity index (χ4n) is 2.49. The SMILES string of the molecule is Cc1cccc(NC(=O)C(C)CN)c1C(=O)NCCc1ccccc1.Cl. The molecule has 0 aromatic heterocycles. The molecule has 0 fully saturated rings. The summed E-state index contributed by atoms with van der Waals surface area (Å²) in [5.41, 5.74) is 8.52. The van der Waals surface area contributed by atoms with Crippen molar-refractivity contribution in [1.82, 2.24) is 5.32 Å². The number of hydrogen-bond acceptors (Lipinski definition) is 3. The van der Waals surface area contributed by atoms with E-state index in [1.54, 1.807) is 13.0 Å². The Labute approximate surface area is 160 Å². The maximum Gasteiger partial charge on any atom is 0.253 e. The summed E-state index contributed by atoms with van der Waals surface area (Å²) in [5.74, 6) is -0.689. The molecule has 26 heavy (non-hydrogen) atoms. The van der Waals surface area contributed by atoms with Gasteiger partial charge >= 0.3 is 0 Å². The number of benzene rings is 2. The molecule has 0 aliphatic heterocycles. The lowest BCUT2D eigenvalue weighted by atomic mass is 10.0. The molecule has 4 N–H and O–H groups in total. The molecule has 2 rings (SSSR count). The van der Waals surface area contributed by atoms with Gasteiger partial charge in [-0.05, 0) is 30.5 Å². The summed E-state index contributed by atoms with van der Waals surface area (Å²) in [5, 5.41) is 5.74. The first-order chi connectivity index (χ1) is 12.0. The largest absolute Gasteiger partial charge is 0.352 e. The summed E-state index contributed by atoms with van der Waals surface area (Å²) >= 11 is 0. The van der Waals surface area contributed by atoms with Gasteiger partial charge in [0.25, 0.3) is 5.91 Å². The molecule has 2 amide bonds. The molecule has 1 atom stereocenters. The van der Waals surface area contributed by atoms with E-state index in [1.807, 2.05) is 49.4 Å². The predicted molar refractivity (Wildman–Crippen MR) is 108 cm³/mol. The van der Waals surface area contributed by atoms with Crippen molar-refractivity contribution in [2.24, 2.45) is 11.7 Å². The van der Waals surface area contributed by atoms with Gasteiger partial charge in [-0.2, -0.15) is 0 Å². The molecule has 140 valence electrons. The minimum absolute atomic E-state index is 0.